The molecule has 0 unspecified atom stereocenters. The molecule has 0 aliphatic rings. The molecule has 0 aliphatic carbocycles. The van der Waals surface area contributed by atoms with Crippen LogP contribution in [0.15, 0.2) is 48.8 Å². The van der Waals surface area contributed by atoms with E-state index in [0.717, 1.165) is 0 Å². The number of pyridine rings is 1. The summed E-state index contributed by atoms with van der Waals surface area (Å²) in [5.41, 5.74) is 5.04. The lowest BCUT2D eigenvalue weighted by molar-refractivity contribution is -0.121. The topological polar surface area (TPSA) is 71.1 Å². The van der Waals surface area contributed by atoms with Crippen molar-refractivity contribution in [1.82, 2.24) is 15.8 Å². The number of amides is 2. The molecule has 1 heterocycles. The molecule has 0 atom stereocenters. The maximum atomic E-state index is 13.3. The van der Waals surface area contributed by atoms with Crippen LogP contribution in [-0.4, -0.2) is 16.8 Å². The fraction of sp³-hybridized carbons (Fsp3) is 0.0714. The number of carbonyl (C=O) groups excluding carboxylic acids is 2. The van der Waals surface area contributed by atoms with Crippen LogP contribution in [0.1, 0.15) is 15.9 Å². The van der Waals surface area contributed by atoms with E-state index < -0.39 is 17.6 Å². The van der Waals surface area contributed by atoms with Gasteiger partial charge in [-0.25, -0.2) is 4.39 Å². The summed E-state index contributed by atoms with van der Waals surface area (Å²) in [5, 5.41) is 0. The Morgan fingerprint density at radius 2 is 1.90 bits per heavy atom. The molecule has 102 valence electrons. The van der Waals surface area contributed by atoms with E-state index >= 15 is 0 Å². The highest BCUT2D eigenvalue weighted by atomic mass is 19.1. The van der Waals surface area contributed by atoms with Crippen molar-refractivity contribution in [2.24, 2.45) is 0 Å². The number of carbonyl (C=O) groups is 2. The quantitative estimate of drug-likeness (QED) is 0.826. The summed E-state index contributed by atoms with van der Waals surface area (Å²) in [6, 6.07) is 9.14. The van der Waals surface area contributed by atoms with Gasteiger partial charge in [0, 0.05) is 12.4 Å². The van der Waals surface area contributed by atoms with Gasteiger partial charge in [-0.1, -0.05) is 18.2 Å². The van der Waals surface area contributed by atoms with Crippen LogP contribution < -0.4 is 10.9 Å². The molecule has 20 heavy (non-hydrogen) atoms. The number of aromatic nitrogens is 1. The lowest BCUT2D eigenvalue weighted by Gasteiger charge is -2.07. The standard InChI is InChI=1S/C14H12FN3O2/c15-12-6-2-1-4-10(12)8-13(19)17-18-14(20)11-5-3-7-16-9-11/h1-7,9H,8H2,(H,17,19)(H,18,20). The number of halogens is 1. The molecule has 6 heteroatoms. The van der Waals surface area contributed by atoms with Gasteiger partial charge in [0.1, 0.15) is 5.82 Å². The van der Waals surface area contributed by atoms with Gasteiger partial charge in [0.25, 0.3) is 5.91 Å². The minimum absolute atomic E-state index is 0.153. The molecule has 1 aromatic carbocycles. The van der Waals surface area contributed by atoms with Crippen LogP contribution in [0.5, 0.6) is 0 Å². The molecule has 1 aromatic heterocycles. The first kappa shape index (κ1) is 13.7. The summed E-state index contributed by atoms with van der Waals surface area (Å²) in [4.78, 5) is 27.0. The van der Waals surface area contributed by atoms with E-state index in [1.807, 2.05) is 0 Å². The second kappa shape index (κ2) is 6.42. The lowest BCUT2D eigenvalue weighted by Crippen LogP contribution is -2.42. The molecule has 0 fully saturated rings. The molecule has 5 nitrogen and oxygen atoms in total. The fourth-order valence-corrected chi connectivity index (χ4v) is 1.55. The molecule has 0 bridgehead atoms. The third kappa shape index (κ3) is 3.61. The molecule has 2 amide bonds. The van der Waals surface area contributed by atoms with E-state index in [9.17, 15) is 14.0 Å². The fourth-order valence-electron chi connectivity index (χ4n) is 1.55. The van der Waals surface area contributed by atoms with Gasteiger partial charge in [-0.2, -0.15) is 0 Å². The van der Waals surface area contributed by atoms with Gasteiger partial charge in [0.2, 0.25) is 5.91 Å². The first-order valence-corrected chi connectivity index (χ1v) is 5.89. The minimum atomic E-state index is -0.507. The normalized spacial score (nSPS) is 9.85. The highest BCUT2D eigenvalue weighted by molar-refractivity contribution is 5.95. The molecule has 2 rings (SSSR count). The zero-order valence-corrected chi connectivity index (χ0v) is 10.5. The molecule has 0 saturated carbocycles. The summed E-state index contributed by atoms with van der Waals surface area (Å²) in [6.07, 6.45) is 2.76. The van der Waals surface area contributed by atoms with Crippen molar-refractivity contribution in [3.05, 3.63) is 65.7 Å². The predicted molar refractivity (Wildman–Crippen MR) is 69.9 cm³/mol. The number of nitrogens with zero attached hydrogens (tertiary/aromatic N) is 1. The largest absolute Gasteiger partial charge is 0.273 e. The smallest absolute Gasteiger partial charge is 0.271 e. The molecule has 0 aliphatic heterocycles. The Bertz CT molecular complexity index is 617. The van der Waals surface area contributed by atoms with Gasteiger partial charge < -0.3 is 0 Å². The first-order valence-electron chi connectivity index (χ1n) is 5.89. The minimum Gasteiger partial charge on any atom is -0.273 e. The molecular formula is C14H12FN3O2. The average molecular weight is 273 g/mol. The SMILES string of the molecule is O=C(Cc1ccccc1F)NNC(=O)c1cccnc1. The monoisotopic (exact) mass is 273 g/mol. The van der Waals surface area contributed by atoms with Crippen molar-refractivity contribution in [1.29, 1.82) is 0 Å². The van der Waals surface area contributed by atoms with Crippen LogP contribution in [0, 0.1) is 5.82 Å². The summed E-state index contributed by atoms with van der Waals surface area (Å²) in [6.45, 7) is 0. The van der Waals surface area contributed by atoms with Crippen molar-refractivity contribution in [3.8, 4) is 0 Å². The van der Waals surface area contributed by atoms with E-state index in [1.165, 1.54) is 24.5 Å². The maximum Gasteiger partial charge on any atom is 0.271 e. The van der Waals surface area contributed by atoms with Crippen molar-refractivity contribution in [3.63, 3.8) is 0 Å². The zero-order chi connectivity index (χ0) is 14.4. The van der Waals surface area contributed by atoms with Crippen LogP contribution in [-0.2, 0) is 11.2 Å². The number of hydrogen-bond donors (Lipinski definition) is 2. The van der Waals surface area contributed by atoms with E-state index in [-0.39, 0.29) is 12.0 Å². The van der Waals surface area contributed by atoms with Gasteiger partial charge in [0.05, 0.1) is 12.0 Å². The highest BCUT2D eigenvalue weighted by Crippen LogP contribution is 2.06. The Morgan fingerprint density at radius 3 is 2.60 bits per heavy atom. The summed E-state index contributed by atoms with van der Waals surface area (Å²) in [7, 11) is 0. The molecule has 2 N–H and O–H groups in total. The van der Waals surface area contributed by atoms with Gasteiger partial charge in [0.15, 0.2) is 0 Å². The van der Waals surface area contributed by atoms with Crippen LogP contribution >= 0.6 is 0 Å². The van der Waals surface area contributed by atoms with Crippen LogP contribution in [0.3, 0.4) is 0 Å². The van der Waals surface area contributed by atoms with Crippen molar-refractivity contribution < 1.29 is 14.0 Å². The van der Waals surface area contributed by atoms with Crippen LogP contribution in [0.2, 0.25) is 0 Å². The van der Waals surface area contributed by atoms with E-state index in [2.05, 4.69) is 15.8 Å². The Balaban J connectivity index is 1.87. The van der Waals surface area contributed by atoms with Gasteiger partial charge in [-0.05, 0) is 23.8 Å². The number of hydrazine groups is 1. The molecule has 0 saturated heterocycles. The summed E-state index contributed by atoms with van der Waals surface area (Å²) < 4.78 is 13.3. The predicted octanol–water partition coefficient (Wildman–Crippen LogP) is 1.22. The first-order chi connectivity index (χ1) is 9.66. The number of rotatable bonds is 3. The van der Waals surface area contributed by atoms with Gasteiger partial charge in [-0.15, -0.1) is 0 Å². The summed E-state index contributed by atoms with van der Waals surface area (Å²) >= 11 is 0. The molecule has 0 spiro atoms. The average Bonchev–Trinajstić information content (AvgIpc) is 2.48. The number of nitrogens with one attached hydrogen (secondary N) is 2. The van der Waals surface area contributed by atoms with Crippen molar-refractivity contribution in [2.45, 2.75) is 6.42 Å². The molecule has 0 radical (unpaired) electrons. The van der Waals surface area contributed by atoms with Crippen molar-refractivity contribution >= 4 is 11.8 Å². The van der Waals surface area contributed by atoms with Crippen LogP contribution in [0.25, 0.3) is 0 Å². The van der Waals surface area contributed by atoms with E-state index in [0.29, 0.717) is 5.56 Å². The van der Waals surface area contributed by atoms with E-state index in [4.69, 9.17) is 0 Å². The second-order valence-corrected chi connectivity index (χ2v) is 4.01. The summed E-state index contributed by atoms with van der Waals surface area (Å²) in [5.74, 6) is -1.45. The second-order valence-electron chi connectivity index (χ2n) is 4.01. The zero-order valence-electron chi connectivity index (χ0n) is 10.5. The third-order valence-electron chi connectivity index (χ3n) is 2.55. The van der Waals surface area contributed by atoms with Gasteiger partial charge in [-0.3, -0.25) is 25.4 Å². The lowest BCUT2D eigenvalue weighted by atomic mass is 10.1. The Labute approximate surface area is 114 Å². The Kier molecular flexibility index (Phi) is 4.39. The van der Waals surface area contributed by atoms with Crippen molar-refractivity contribution in [2.75, 3.05) is 0 Å². The van der Waals surface area contributed by atoms with E-state index in [1.54, 1.807) is 24.3 Å². The number of hydrogen-bond acceptors (Lipinski definition) is 3. The molecular weight excluding hydrogens is 261 g/mol. The van der Waals surface area contributed by atoms with Gasteiger partial charge >= 0.3 is 0 Å². The number of benzene rings is 1. The maximum absolute atomic E-state index is 13.3. The Morgan fingerprint density at radius 1 is 1.10 bits per heavy atom. The highest BCUT2D eigenvalue weighted by Gasteiger charge is 2.09. The Hall–Kier alpha value is -2.76. The molecule has 2 aromatic rings. The van der Waals surface area contributed by atoms with Crippen LogP contribution in [0.4, 0.5) is 4.39 Å². The third-order valence-corrected chi connectivity index (χ3v) is 2.55.